The van der Waals surface area contributed by atoms with Gasteiger partial charge in [-0.05, 0) is 154 Å². The van der Waals surface area contributed by atoms with E-state index in [0.29, 0.717) is 17.4 Å². The normalized spacial score (nSPS) is 13.9. The number of allylic oxidation sites excluding steroid dienone is 36. The van der Waals surface area contributed by atoms with Crippen molar-refractivity contribution in [3.63, 3.8) is 0 Å². The Bertz CT molecular complexity index is 2400. The second-order valence-corrected chi connectivity index (χ2v) is 25.5. The van der Waals surface area contributed by atoms with Crippen LogP contribution >= 0.6 is 0 Å². The third-order valence-corrected chi connectivity index (χ3v) is 15.2. The molecule has 542 valence electrons. The summed E-state index contributed by atoms with van der Waals surface area (Å²) in [5, 5.41) is 11.9. The second kappa shape index (κ2) is 75.4. The predicted molar refractivity (Wildman–Crippen MR) is 416 cm³/mol. The first kappa shape index (κ1) is 90.6. The molecule has 0 N–H and O–H groups in total. The molecule has 0 rings (SSSR count). The van der Waals surface area contributed by atoms with Crippen molar-refractivity contribution in [3.05, 3.63) is 219 Å². The van der Waals surface area contributed by atoms with E-state index in [1.807, 2.05) is 21.1 Å². The van der Waals surface area contributed by atoms with Crippen molar-refractivity contribution in [2.45, 2.75) is 270 Å². The van der Waals surface area contributed by atoms with Gasteiger partial charge in [0.2, 0.25) is 0 Å². The number of carbonyl (C=O) groups excluding carboxylic acids is 3. The number of rotatable bonds is 67. The smallest absolute Gasteiger partial charge is 0.306 e. The number of unbranched alkanes of at least 4 members (excludes halogenated alkanes) is 16. The Morgan fingerprint density at radius 3 is 0.835 bits per heavy atom. The van der Waals surface area contributed by atoms with Gasteiger partial charge in [0.05, 0.1) is 40.3 Å². The van der Waals surface area contributed by atoms with Crippen molar-refractivity contribution >= 4 is 17.9 Å². The third-order valence-electron chi connectivity index (χ3n) is 15.2. The quantitative estimate of drug-likeness (QED) is 0.0195. The number of quaternary nitrogens is 1. The number of esters is 2. The van der Waals surface area contributed by atoms with E-state index in [-0.39, 0.29) is 38.6 Å². The molecule has 2 atom stereocenters. The molecular formula is C88H137NO8. The van der Waals surface area contributed by atoms with E-state index in [0.717, 1.165) is 161 Å². The minimum absolute atomic E-state index is 0.129. The van der Waals surface area contributed by atoms with Crippen LogP contribution in [0.4, 0.5) is 0 Å². The van der Waals surface area contributed by atoms with E-state index in [9.17, 15) is 19.5 Å². The summed E-state index contributed by atoms with van der Waals surface area (Å²) in [6.45, 7) is 4.46. The Hall–Kier alpha value is -6.39. The fourth-order valence-corrected chi connectivity index (χ4v) is 9.52. The zero-order valence-corrected chi connectivity index (χ0v) is 61.9. The van der Waals surface area contributed by atoms with Gasteiger partial charge >= 0.3 is 11.9 Å². The van der Waals surface area contributed by atoms with E-state index >= 15 is 0 Å². The number of hydrogen-bond donors (Lipinski definition) is 0. The molecule has 0 bridgehead atoms. The average Bonchev–Trinajstić information content (AvgIpc) is 3.11. The Morgan fingerprint density at radius 2 is 0.557 bits per heavy atom. The molecule has 9 heteroatoms. The summed E-state index contributed by atoms with van der Waals surface area (Å²) in [7, 11) is 5.90. The average molecular weight is 1340 g/mol. The Labute approximate surface area is 594 Å². The van der Waals surface area contributed by atoms with Gasteiger partial charge in [-0.25, -0.2) is 0 Å². The maximum Gasteiger partial charge on any atom is 0.306 e. The molecule has 0 saturated heterocycles. The molecule has 0 aromatic heterocycles. The van der Waals surface area contributed by atoms with E-state index in [4.69, 9.17) is 18.9 Å². The molecule has 0 aromatic carbocycles. The van der Waals surface area contributed by atoms with Crippen molar-refractivity contribution in [1.29, 1.82) is 0 Å². The topological polar surface area (TPSA) is 111 Å². The molecule has 0 saturated carbocycles. The number of carboxylic acids is 1. The maximum absolute atomic E-state index is 12.9. The first-order valence-electron chi connectivity index (χ1n) is 37.9. The highest BCUT2D eigenvalue weighted by molar-refractivity contribution is 5.70. The summed E-state index contributed by atoms with van der Waals surface area (Å²) < 4.78 is 22.8. The van der Waals surface area contributed by atoms with Crippen LogP contribution in [0.5, 0.6) is 0 Å². The Kier molecular flexibility index (Phi) is 70.4. The minimum atomic E-state index is -1.65. The number of likely N-dealkylation sites (N-methyl/N-ethyl adjacent to an activating group) is 1. The molecule has 0 aliphatic heterocycles. The monoisotopic (exact) mass is 1340 g/mol. The van der Waals surface area contributed by atoms with Gasteiger partial charge in [0.1, 0.15) is 13.2 Å². The summed E-state index contributed by atoms with van der Waals surface area (Å²) >= 11 is 0. The fourth-order valence-electron chi connectivity index (χ4n) is 9.52. The lowest BCUT2D eigenvalue weighted by Crippen LogP contribution is -2.44. The predicted octanol–water partition coefficient (Wildman–Crippen LogP) is 23.1. The molecule has 0 fully saturated rings. The van der Waals surface area contributed by atoms with Crippen LogP contribution in [0.2, 0.25) is 0 Å². The number of carboxylic acid groups (broad SMARTS) is 1. The number of carbonyl (C=O) groups is 3. The highest BCUT2D eigenvalue weighted by Crippen LogP contribution is 2.15. The van der Waals surface area contributed by atoms with Crippen LogP contribution in [0.1, 0.15) is 258 Å². The molecule has 2 unspecified atom stereocenters. The van der Waals surface area contributed by atoms with Gasteiger partial charge in [0.15, 0.2) is 12.4 Å². The van der Waals surface area contributed by atoms with Crippen molar-refractivity contribution in [1.82, 2.24) is 0 Å². The number of ether oxygens (including phenoxy) is 4. The zero-order valence-electron chi connectivity index (χ0n) is 61.9. The molecule has 0 aliphatic rings. The van der Waals surface area contributed by atoms with E-state index in [1.165, 1.54) is 64.2 Å². The minimum Gasteiger partial charge on any atom is -0.545 e. The Morgan fingerprint density at radius 1 is 0.309 bits per heavy atom. The van der Waals surface area contributed by atoms with Gasteiger partial charge in [-0.1, -0.05) is 310 Å². The lowest BCUT2D eigenvalue weighted by atomic mass is 10.0. The second-order valence-electron chi connectivity index (χ2n) is 25.5. The van der Waals surface area contributed by atoms with Crippen LogP contribution < -0.4 is 5.11 Å². The van der Waals surface area contributed by atoms with Gasteiger partial charge in [-0.15, -0.1) is 0 Å². The molecular weight excluding hydrogens is 1200 g/mol. The molecule has 0 spiro atoms. The molecule has 97 heavy (non-hydrogen) atoms. The first-order valence-corrected chi connectivity index (χ1v) is 37.9. The standard InChI is InChI=1S/C88H137NO8/c1-6-8-10-12-14-16-18-20-22-24-26-28-30-32-34-36-38-40-42-43-45-47-49-51-53-55-57-59-61-63-65-67-69-71-73-75-77-79-86(91)97-84(83-96-88(87(92)93)94-81-80-89(3,4)5)82-95-85(90)78-76-74-72-70-68-66-64-62-60-58-56-54-52-50-48-46-44-41-39-37-35-33-31-29-27-25-23-21-19-17-15-13-11-9-7-2/h8-11,14-17,20-23,26-29,32-35,38-41,43,45-46,48-49,51,55,57,61,63,67,69,84,88H,6-7,12-13,18-19,24-25,30-31,36-37,42,44,47,50,52-54,56,58-60,62,64-66,68,70-83H2,1-5H3/b10-8-,11-9-,16-14-,17-15-,22-20-,23-21-,28-26-,29-27-,34-32-,35-33-,40-38-,41-39-,45-43-,48-46-,51-49-,57-55-,63-61-,69-67-. The first-order chi connectivity index (χ1) is 47.6. The number of nitrogens with zero attached hydrogens (tertiary/aromatic N) is 1. The fraction of sp³-hybridized carbons (Fsp3) is 0.557. The highest BCUT2D eigenvalue weighted by atomic mass is 16.7. The van der Waals surface area contributed by atoms with Crippen molar-refractivity contribution in [3.8, 4) is 0 Å². The maximum atomic E-state index is 12.9. The lowest BCUT2D eigenvalue weighted by molar-refractivity contribution is -0.870. The van der Waals surface area contributed by atoms with Gasteiger partial charge < -0.3 is 33.3 Å². The van der Waals surface area contributed by atoms with Gasteiger partial charge in [-0.2, -0.15) is 0 Å². The van der Waals surface area contributed by atoms with Crippen LogP contribution in [0.25, 0.3) is 0 Å². The van der Waals surface area contributed by atoms with Crippen molar-refractivity contribution in [2.24, 2.45) is 0 Å². The summed E-state index contributed by atoms with van der Waals surface area (Å²) in [5.41, 5.74) is 0. The molecule has 0 amide bonds. The van der Waals surface area contributed by atoms with Crippen LogP contribution in [-0.2, 0) is 33.3 Å². The van der Waals surface area contributed by atoms with Crippen LogP contribution in [0.15, 0.2) is 219 Å². The van der Waals surface area contributed by atoms with Crippen LogP contribution in [-0.4, -0.2) is 82.3 Å². The van der Waals surface area contributed by atoms with E-state index in [1.54, 1.807) is 0 Å². The molecule has 0 aliphatic carbocycles. The summed E-state index contributed by atoms with van der Waals surface area (Å²) in [6.07, 6.45) is 116. The van der Waals surface area contributed by atoms with E-state index in [2.05, 4.69) is 233 Å². The SMILES string of the molecule is CC/C=C\C/C=C\C/C=C\C/C=C\C/C=C\C/C=C\C/C=C\C/C=C\C/C=C\C/C=C\C/C=C\CCCCCC(=O)OC(COC(=O)CCCCCCCCCCCCCCC/C=C\C/C=C\C/C=C\C/C=C\C/C=C\C/C=C\C/C=C\CC)COC(OCC[N+](C)(C)C)C(=O)[O-]. The third kappa shape index (κ3) is 76.8. The van der Waals surface area contributed by atoms with E-state index < -0.39 is 24.3 Å². The number of aliphatic carboxylic acids is 1. The zero-order chi connectivity index (χ0) is 70.4. The Balaban J connectivity index is 4.23. The van der Waals surface area contributed by atoms with Gasteiger partial charge in [0, 0.05) is 12.8 Å². The highest BCUT2D eigenvalue weighted by Gasteiger charge is 2.22. The van der Waals surface area contributed by atoms with Crippen molar-refractivity contribution in [2.75, 3.05) is 47.5 Å². The largest absolute Gasteiger partial charge is 0.545 e. The summed E-state index contributed by atoms with van der Waals surface area (Å²) in [6, 6.07) is 0. The lowest BCUT2D eigenvalue weighted by Gasteiger charge is -2.26. The van der Waals surface area contributed by atoms with Crippen molar-refractivity contribution < 1.29 is 42.9 Å². The van der Waals surface area contributed by atoms with Crippen LogP contribution in [0, 0.1) is 0 Å². The molecule has 0 heterocycles. The molecule has 9 nitrogen and oxygen atoms in total. The van der Waals surface area contributed by atoms with Gasteiger partial charge in [-0.3, -0.25) is 9.59 Å². The summed E-state index contributed by atoms with van der Waals surface area (Å²) in [5.74, 6) is -2.35. The number of hydrogen-bond acceptors (Lipinski definition) is 8. The van der Waals surface area contributed by atoms with Crippen LogP contribution in [0.3, 0.4) is 0 Å². The molecule has 0 radical (unpaired) electrons. The van der Waals surface area contributed by atoms with Gasteiger partial charge in [0.25, 0.3) is 0 Å². The molecule has 0 aromatic rings. The summed E-state index contributed by atoms with van der Waals surface area (Å²) in [4.78, 5) is 37.6.